The molecular formula is C19H33N3O2. The minimum atomic E-state index is 0.00587. The highest BCUT2D eigenvalue weighted by Gasteiger charge is 2.12. The number of hydrogen-bond donors (Lipinski definition) is 2. The van der Waals surface area contributed by atoms with Crippen LogP contribution >= 0.6 is 0 Å². The molecule has 0 aliphatic carbocycles. The predicted molar refractivity (Wildman–Crippen MR) is 101 cm³/mol. The van der Waals surface area contributed by atoms with Crippen LogP contribution in [0.15, 0.2) is 18.2 Å². The molecule has 0 aromatic heterocycles. The fourth-order valence-electron chi connectivity index (χ4n) is 2.93. The number of nitrogens with zero attached hydrogens (tertiary/aromatic N) is 2. The smallest absolute Gasteiger partial charge is 0.222 e. The Morgan fingerprint density at radius 2 is 1.79 bits per heavy atom. The number of amides is 1. The third kappa shape index (κ3) is 6.04. The molecule has 5 heteroatoms. The highest BCUT2D eigenvalue weighted by atomic mass is 16.3. The molecule has 1 aromatic rings. The van der Waals surface area contributed by atoms with Gasteiger partial charge >= 0.3 is 0 Å². The number of rotatable bonds is 11. The molecule has 136 valence electrons. The van der Waals surface area contributed by atoms with E-state index in [0.717, 1.165) is 42.9 Å². The minimum absolute atomic E-state index is 0.00587. The summed E-state index contributed by atoms with van der Waals surface area (Å²) in [4.78, 5) is 16.1. The van der Waals surface area contributed by atoms with Gasteiger partial charge in [-0.25, -0.2) is 0 Å². The van der Waals surface area contributed by atoms with Crippen LogP contribution in [-0.2, 0) is 11.2 Å². The molecule has 0 aliphatic rings. The van der Waals surface area contributed by atoms with Crippen LogP contribution in [0.2, 0.25) is 0 Å². The van der Waals surface area contributed by atoms with Gasteiger partial charge in [-0.15, -0.1) is 0 Å². The van der Waals surface area contributed by atoms with E-state index in [1.54, 1.807) is 4.90 Å². The molecule has 1 amide bonds. The molecule has 0 saturated heterocycles. The zero-order chi connectivity index (χ0) is 17.9. The summed E-state index contributed by atoms with van der Waals surface area (Å²) >= 11 is 0. The van der Waals surface area contributed by atoms with Crippen LogP contribution in [0.4, 0.5) is 11.4 Å². The van der Waals surface area contributed by atoms with Gasteiger partial charge in [0.1, 0.15) is 0 Å². The maximum Gasteiger partial charge on any atom is 0.222 e. The SMILES string of the molecule is CCCN(CCC)c1ccc(CCC(=O)N(CC)CCO)cc1N. The Balaban J connectivity index is 2.71. The summed E-state index contributed by atoms with van der Waals surface area (Å²) < 4.78 is 0. The Hall–Kier alpha value is -1.75. The summed E-state index contributed by atoms with van der Waals surface area (Å²) in [6, 6.07) is 6.13. The van der Waals surface area contributed by atoms with E-state index in [1.807, 2.05) is 13.0 Å². The first-order chi connectivity index (χ1) is 11.6. The van der Waals surface area contributed by atoms with Crippen LogP contribution in [0.3, 0.4) is 0 Å². The lowest BCUT2D eigenvalue weighted by molar-refractivity contribution is -0.131. The largest absolute Gasteiger partial charge is 0.397 e. The first-order valence-corrected chi connectivity index (χ1v) is 9.09. The second kappa shape index (κ2) is 10.9. The molecule has 0 unspecified atom stereocenters. The lowest BCUT2D eigenvalue weighted by Gasteiger charge is -2.25. The van der Waals surface area contributed by atoms with E-state index >= 15 is 0 Å². The summed E-state index contributed by atoms with van der Waals surface area (Å²) in [5, 5.41) is 8.99. The number of likely N-dealkylation sites (N-methyl/N-ethyl adjacent to an activating group) is 1. The fraction of sp³-hybridized carbons (Fsp3) is 0.632. The zero-order valence-corrected chi connectivity index (χ0v) is 15.4. The van der Waals surface area contributed by atoms with Crippen molar-refractivity contribution >= 4 is 17.3 Å². The number of nitrogen functional groups attached to an aromatic ring is 1. The molecule has 5 nitrogen and oxygen atoms in total. The lowest BCUT2D eigenvalue weighted by Crippen LogP contribution is -2.33. The number of nitrogens with two attached hydrogens (primary N) is 1. The number of carbonyl (C=O) groups is 1. The lowest BCUT2D eigenvalue weighted by atomic mass is 10.1. The van der Waals surface area contributed by atoms with Crippen molar-refractivity contribution in [2.24, 2.45) is 0 Å². The minimum Gasteiger partial charge on any atom is -0.397 e. The van der Waals surface area contributed by atoms with Crippen LogP contribution in [0, 0.1) is 0 Å². The van der Waals surface area contributed by atoms with Crippen molar-refractivity contribution < 1.29 is 9.90 Å². The van der Waals surface area contributed by atoms with Crippen LogP contribution in [0.5, 0.6) is 0 Å². The monoisotopic (exact) mass is 335 g/mol. The van der Waals surface area contributed by atoms with Crippen molar-refractivity contribution in [2.75, 3.05) is 43.4 Å². The van der Waals surface area contributed by atoms with Gasteiger partial charge in [0.15, 0.2) is 0 Å². The molecule has 0 heterocycles. The number of aliphatic hydroxyl groups excluding tert-OH is 1. The van der Waals surface area contributed by atoms with Gasteiger partial charge in [0.05, 0.1) is 18.0 Å². The first-order valence-electron chi connectivity index (χ1n) is 9.09. The standard InChI is InChI=1S/C19H33N3O2/c1-4-11-22(12-5-2)18-9-7-16(15-17(18)20)8-10-19(24)21(6-3)13-14-23/h7,9,15,23H,4-6,8,10-14,20H2,1-3H3. The number of anilines is 2. The quantitative estimate of drug-likeness (QED) is 0.610. The van der Waals surface area contributed by atoms with Gasteiger partial charge in [0, 0.05) is 32.6 Å². The molecule has 0 radical (unpaired) electrons. The second-order valence-corrected chi connectivity index (χ2v) is 6.08. The molecule has 0 bridgehead atoms. The predicted octanol–water partition coefficient (Wildman–Crippen LogP) is 2.67. The average Bonchev–Trinajstić information content (AvgIpc) is 2.57. The van der Waals surface area contributed by atoms with Gasteiger partial charge in [0.25, 0.3) is 0 Å². The van der Waals surface area contributed by atoms with E-state index in [1.165, 1.54) is 0 Å². The van der Waals surface area contributed by atoms with Crippen molar-refractivity contribution in [1.82, 2.24) is 4.90 Å². The first kappa shape index (κ1) is 20.3. The third-order valence-electron chi connectivity index (χ3n) is 4.15. The van der Waals surface area contributed by atoms with Crippen LogP contribution in [0.1, 0.15) is 45.6 Å². The molecular weight excluding hydrogens is 302 g/mol. The Labute approximate surface area is 146 Å². The van der Waals surface area contributed by atoms with E-state index < -0.39 is 0 Å². The molecule has 24 heavy (non-hydrogen) atoms. The number of hydrogen-bond acceptors (Lipinski definition) is 4. The van der Waals surface area contributed by atoms with Crippen molar-refractivity contribution in [3.63, 3.8) is 0 Å². The van der Waals surface area contributed by atoms with E-state index in [0.29, 0.717) is 25.9 Å². The molecule has 0 fully saturated rings. The highest BCUT2D eigenvalue weighted by molar-refractivity contribution is 5.76. The molecule has 0 atom stereocenters. The molecule has 0 spiro atoms. The Morgan fingerprint density at radius 3 is 2.29 bits per heavy atom. The maximum atomic E-state index is 12.1. The Morgan fingerprint density at radius 1 is 1.12 bits per heavy atom. The van der Waals surface area contributed by atoms with Crippen molar-refractivity contribution in [3.8, 4) is 0 Å². The van der Waals surface area contributed by atoms with Crippen LogP contribution in [0.25, 0.3) is 0 Å². The van der Waals surface area contributed by atoms with Crippen molar-refractivity contribution in [3.05, 3.63) is 23.8 Å². The molecule has 1 aromatic carbocycles. The molecule has 3 N–H and O–H groups in total. The van der Waals surface area contributed by atoms with Gasteiger partial charge in [-0.05, 0) is 43.9 Å². The average molecular weight is 335 g/mol. The van der Waals surface area contributed by atoms with E-state index in [2.05, 4.69) is 30.9 Å². The van der Waals surface area contributed by atoms with Gasteiger partial charge in [-0.2, -0.15) is 0 Å². The zero-order valence-electron chi connectivity index (χ0n) is 15.4. The van der Waals surface area contributed by atoms with Gasteiger partial charge < -0.3 is 20.6 Å². The normalized spacial score (nSPS) is 10.7. The van der Waals surface area contributed by atoms with Gasteiger partial charge in [0.2, 0.25) is 5.91 Å². The summed E-state index contributed by atoms with van der Waals surface area (Å²) in [6.07, 6.45) is 3.30. The van der Waals surface area contributed by atoms with Crippen LogP contribution in [-0.4, -0.2) is 48.7 Å². The van der Waals surface area contributed by atoms with E-state index in [-0.39, 0.29) is 12.5 Å². The second-order valence-electron chi connectivity index (χ2n) is 6.08. The van der Waals surface area contributed by atoms with Crippen LogP contribution < -0.4 is 10.6 Å². The van der Waals surface area contributed by atoms with E-state index in [4.69, 9.17) is 10.8 Å². The number of aryl methyl sites for hydroxylation is 1. The number of aliphatic hydroxyl groups is 1. The van der Waals surface area contributed by atoms with E-state index in [9.17, 15) is 4.79 Å². The highest BCUT2D eigenvalue weighted by Crippen LogP contribution is 2.25. The summed E-state index contributed by atoms with van der Waals surface area (Å²) in [7, 11) is 0. The van der Waals surface area contributed by atoms with Gasteiger partial charge in [-0.3, -0.25) is 4.79 Å². The number of benzene rings is 1. The van der Waals surface area contributed by atoms with Crippen molar-refractivity contribution in [1.29, 1.82) is 0 Å². The number of carbonyl (C=O) groups excluding carboxylic acids is 1. The van der Waals surface area contributed by atoms with Gasteiger partial charge in [-0.1, -0.05) is 19.9 Å². The van der Waals surface area contributed by atoms with Crippen molar-refractivity contribution in [2.45, 2.75) is 46.5 Å². The summed E-state index contributed by atoms with van der Waals surface area (Å²) in [6.45, 7) is 9.31. The molecule has 1 rings (SSSR count). The molecule has 0 saturated carbocycles. The summed E-state index contributed by atoms with van der Waals surface area (Å²) in [5.74, 6) is 0.0767. The Kier molecular flexibility index (Phi) is 9.23. The maximum absolute atomic E-state index is 12.1. The topological polar surface area (TPSA) is 69.8 Å². The third-order valence-corrected chi connectivity index (χ3v) is 4.15. The molecule has 0 aliphatic heterocycles. The fourth-order valence-corrected chi connectivity index (χ4v) is 2.93. The Bertz CT molecular complexity index is 499. The summed E-state index contributed by atoms with van der Waals surface area (Å²) in [5.41, 5.74) is 9.20.